The van der Waals surface area contributed by atoms with Crippen LogP contribution < -0.4 is 5.32 Å². The predicted octanol–water partition coefficient (Wildman–Crippen LogP) is 3.34. The van der Waals surface area contributed by atoms with Crippen molar-refractivity contribution in [1.82, 2.24) is 10.3 Å². The van der Waals surface area contributed by atoms with Crippen molar-refractivity contribution >= 4 is 12.0 Å². The molecule has 2 unspecified atom stereocenters. The zero-order chi connectivity index (χ0) is 15.7. The first-order valence-electron chi connectivity index (χ1n) is 7.51. The summed E-state index contributed by atoms with van der Waals surface area (Å²) in [6, 6.07) is 3.88. The largest absolute Gasteiger partial charge is 0.461 e. The summed E-state index contributed by atoms with van der Waals surface area (Å²) in [7, 11) is 0. The van der Waals surface area contributed by atoms with Gasteiger partial charge in [-0.25, -0.2) is 4.98 Å². The van der Waals surface area contributed by atoms with Crippen LogP contribution in [0.25, 0.3) is 6.08 Å². The molecule has 2 atom stereocenters. The van der Waals surface area contributed by atoms with Gasteiger partial charge in [-0.15, -0.1) is 0 Å². The smallest absolute Gasteiger partial charge is 0.244 e. The van der Waals surface area contributed by atoms with Crippen LogP contribution in [0.5, 0.6) is 0 Å². The molecule has 1 aliphatic carbocycles. The molecule has 0 aromatic carbocycles. The number of amides is 1. The van der Waals surface area contributed by atoms with E-state index in [4.69, 9.17) is 8.83 Å². The third-order valence-corrected chi connectivity index (χ3v) is 4.01. The van der Waals surface area contributed by atoms with Crippen molar-refractivity contribution in [2.45, 2.75) is 39.7 Å². The summed E-state index contributed by atoms with van der Waals surface area (Å²) in [6.45, 7) is 6.21. The fourth-order valence-corrected chi connectivity index (χ4v) is 2.37. The molecule has 22 heavy (non-hydrogen) atoms. The Labute approximate surface area is 129 Å². The van der Waals surface area contributed by atoms with Crippen molar-refractivity contribution in [1.29, 1.82) is 0 Å². The molecule has 2 heterocycles. The fraction of sp³-hybridized carbons (Fsp3) is 0.412. The minimum Gasteiger partial charge on any atom is -0.461 e. The summed E-state index contributed by atoms with van der Waals surface area (Å²) < 4.78 is 11.1. The number of aromatic nitrogens is 1. The molecule has 1 fully saturated rings. The number of carbonyl (C=O) groups is 1. The van der Waals surface area contributed by atoms with Gasteiger partial charge in [0.15, 0.2) is 0 Å². The molecule has 1 aliphatic rings. The lowest BCUT2D eigenvalue weighted by Crippen LogP contribution is -2.20. The van der Waals surface area contributed by atoms with Crippen molar-refractivity contribution in [3.8, 4) is 0 Å². The highest BCUT2D eigenvalue weighted by Gasteiger charge is 2.36. The Kier molecular flexibility index (Phi) is 3.88. The predicted molar refractivity (Wildman–Crippen MR) is 82.1 cm³/mol. The molecule has 0 saturated heterocycles. The highest BCUT2D eigenvalue weighted by molar-refractivity contribution is 5.91. The zero-order valence-electron chi connectivity index (χ0n) is 13.1. The number of furan rings is 1. The van der Waals surface area contributed by atoms with Gasteiger partial charge in [0.25, 0.3) is 0 Å². The second-order valence-corrected chi connectivity index (χ2v) is 5.86. The number of oxazole rings is 1. The molecule has 0 aliphatic heterocycles. The van der Waals surface area contributed by atoms with E-state index in [2.05, 4.69) is 17.2 Å². The van der Waals surface area contributed by atoms with Crippen molar-refractivity contribution in [2.24, 2.45) is 5.92 Å². The Morgan fingerprint density at radius 2 is 2.18 bits per heavy atom. The van der Waals surface area contributed by atoms with E-state index in [1.807, 2.05) is 26.0 Å². The van der Waals surface area contributed by atoms with E-state index >= 15 is 0 Å². The van der Waals surface area contributed by atoms with E-state index < -0.39 is 0 Å². The Balaban J connectivity index is 1.51. The van der Waals surface area contributed by atoms with Gasteiger partial charge >= 0.3 is 0 Å². The van der Waals surface area contributed by atoms with Gasteiger partial charge in [0.1, 0.15) is 17.3 Å². The average Bonchev–Trinajstić information content (AvgIpc) is 2.91. The van der Waals surface area contributed by atoms with E-state index in [0.717, 1.165) is 17.2 Å². The van der Waals surface area contributed by atoms with E-state index in [-0.39, 0.29) is 12.5 Å². The van der Waals surface area contributed by atoms with Crippen LogP contribution in [0.15, 0.2) is 27.0 Å². The van der Waals surface area contributed by atoms with Gasteiger partial charge in [-0.2, -0.15) is 0 Å². The van der Waals surface area contributed by atoms with Crippen LogP contribution in [-0.4, -0.2) is 10.9 Å². The van der Waals surface area contributed by atoms with E-state index in [0.29, 0.717) is 23.5 Å². The summed E-state index contributed by atoms with van der Waals surface area (Å²) in [5.74, 6) is 4.06. The zero-order valence-corrected chi connectivity index (χ0v) is 13.1. The van der Waals surface area contributed by atoms with Crippen LogP contribution in [-0.2, 0) is 11.3 Å². The molecular formula is C17H20N2O3. The fourth-order valence-electron chi connectivity index (χ4n) is 2.37. The number of nitrogens with one attached hydrogen (secondary N) is 1. The number of nitrogens with zero attached hydrogens (tertiary/aromatic N) is 1. The highest BCUT2D eigenvalue weighted by atomic mass is 16.4. The van der Waals surface area contributed by atoms with E-state index in [1.54, 1.807) is 6.08 Å². The molecule has 0 radical (unpaired) electrons. The second-order valence-electron chi connectivity index (χ2n) is 5.86. The second kappa shape index (κ2) is 5.83. The first-order chi connectivity index (χ1) is 10.5. The first kappa shape index (κ1) is 14.6. The molecule has 2 aromatic heterocycles. The molecule has 1 saturated carbocycles. The number of hydrogen-bond donors (Lipinski definition) is 1. The quantitative estimate of drug-likeness (QED) is 0.860. The summed E-state index contributed by atoms with van der Waals surface area (Å²) >= 11 is 0. The van der Waals surface area contributed by atoms with Gasteiger partial charge in [-0.1, -0.05) is 6.92 Å². The Morgan fingerprint density at radius 3 is 2.82 bits per heavy atom. The number of carbonyl (C=O) groups excluding carboxylic acids is 1. The average molecular weight is 300 g/mol. The van der Waals surface area contributed by atoms with Gasteiger partial charge in [0.2, 0.25) is 11.8 Å². The van der Waals surface area contributed by atoms with Crippen molar-refractivity contribution in [2.75, 3.05) is 0 Å². The van der Waals surface area contributed by atoms with Gasteiger partial charge in [0, 0.05) is 12.0 Å². The highest BCUT2D eigenvalue weighted by Crippen LogP contribution is 2.47. The summed E-state index contributed by atoms with van der Waals surface area (Å²) in [4.78, 5) is 16.0. The molecule has 2 aromatic rings. The molecular weight excluding hydrogens is 280 g/mol. The maximum absolute atomic E-state index is 11.8. The van der Waals surface area contributed by atoms with Gasteiger partial charge < -0.3 is 14.2 Å². The summed E-state index contributed by atoms with van der Waals surface area (Å²) in [5.41, 5.74) is 0.845. The third kappa shape index (κ3) is 3.30. The molecule has 5 nitrogen and oxygen atoms in total. The van der Waals surface area contributed by atoms with Crippen LogP contribution in [0.1, 0.15) is 48.1 Å². The molecule has 1 amide bonds. The van der Waals surface area contributed by atoms with Crippen molar-refractivity contribution in [3.63, 3.8) is 0 Å². The van der Waals surface area contributed by atoms with E-state index in [1.165, 1.54) is 12.5 Å². The minimum absolute atomic E-state index is 0.203. The lowest BCUT2D eigenvalue weighted by molar-refractivity contribution is -0.116. The normalized spacial score (nSPS) is 20.5. The van der Waals surface area contributed by atoms with Gasteiger partial charge in [-0.05, 0) is 44.4 Å². The molecule has 116 valence electrons. The number of hydrogen-bond acceptors (Lipinski definition) is 4. The van der Waals surface area contributed by atoms with Crippen LogP contribution >= 0.6 is 0 Å². The molecule has 0 spiro atoms. The maximum Gasteiger partial charge on any atom is 0.244 e. The molecule has 0 bridgehead atoms. The summed E-state index contributed by atoms with van der Waals surface area (Å²) in [6.07, 6.45) is 4.33. The third-order valence-electron chi connectivity index (χ3n) is 4.01. The Morgan fingerprint density at radius 1 is 1.41 bits per heavy atom. The van der Waals surface area contributed by atoms with Gasteiger partial charge in [0.05, 0.1) is 12.2 Å². The van der Waals surface area contributed by atoms with E-state index in [9.17, 15) is 4.79 Å². The van der Waals surface area contributed by atoms with Crippen LogP contribution in [0.3, 0.4) is 0 Å². The monoisotopic (exact) mass is 300 g/mol. The topological polar surface area (TPSA) is 68.3 Å². The van der Waals surface area contributed by atoms with Gasteiger partial charge in [-0.3, -0.25) is 4.79 Å². The molecule has 3 rings (SSSR count). The van der Waals surface area contributed by atoms with Crippen LogP contribution in [0.4, 0.5) is 0 Å². The lowest BCUT2D eigenvalue weighted by atomic mass is 10.3. The first-order valence-corrected chi connectivity index (χ1v) is 7.51. The number of aryl methyl sites for hydroxylation is 2. The molecule has 1 N–H and O–H groups in total. The SMILES string of the molecule is Cc1nc(CNC(=O)/C=C/c2ccc(C3CC3C)o2)oc1C. The Hall–Kier alpha value is -2.30. The minimum atomic E-state index is -0.203. The number of rotatable bonds is 5. The van der Waals surface area contributed by atoms with Crippen LogP contribution in [0.2, 0.25) is 0 Å². The molecule has 5 heteroatoms. The lowest BCUT2D eigenvalue weighted by Gasteiger charge is -1.97. The van der Waals surface area contributed by atoms with Crippen LogP contribution in [0, 0.1) is 19.8 Å². The Bertz CT molecular complexity index is 692. The standard InChI is InChI=1S/C17H20N2O3/c1-10-8-14(10)15-6-4-13(22-15)5-7-16(20)18-9-17-19-11(2)12(3)21-17/h4-7,10,14H,8-9H2,1-3H3,(H,18,20)/b7-5+. The maximum atomic E-state index is 11.8. The summed E-state index contributed by atoms with van der Waals surface area (Å²) in [5, 5.41) is 2.74. The van der Waals surface area contributed by atoms with Crippen molar-refractivity contribution in [3.05, 3.63) is 47.1 Å². The van der Waals surface area contributed by atoms with Crippen molar-refractivity contribution < 1.29 is 13.6 Å².